The van der Waals surface area contributed by atoms with E-state index in [-0.39, 0.29) is 0 Å². The van der Waals surface area contributed by atoms with E-state index in [0.717, 1.165) is 0 Å². The van der Waals surface area contributed by atoms with Crippen molar-refractivity contribution < 1.29 is 4.74 Å². The van der Waals surface area contributed by atoms with Gasteiger partial charge in [0, 0.05) is 0 Å². The highest BCUT2D eigenvalue weighted by Crippen LogP contribution is 1.91. The summed E-state index contributed by atoms with van der Waals surface area (Å²) < 4.78 is 4.80. The van der Waals surface area contributed by atoms with E-state index in [1.807, 2.05) is 13.0 Å². The lowest BCUT2D eigenvalue weighted by atomic mass is 10.4. The normalized spacial score (nSPS) is 8.75. The lowest BCUT2D eigenvalue weighted by molar-refractivity contribution is 0.308. The van der Waals surface area contributed by atoms with Gasteiger partial charge in [0.15, 0.2) is 5.76 Å². The van der Waals surface area contributed by atoms with Crippen LogP contribution in [0.25, 0.3) is 0 Å². The summed E-state index contributed by atoms with van der Waals surface area (Å²) in [5.74, 6) is 0.674. The second-order valence-corrected chi connectivity index (χ2v) is 1.25. The van der Waals surface area contributed by atoms with Crippen LogP contribution in [-0.2, 0) is 4.74 Å². The summed E-state index contributed by atoms with van der Waals surface area (Å²) in [5.41, 5.74) is 2.61. The monoisotopic (exact) mass is 110 g/mol. The van der Waals surface area contributed by atoms with E-state index in [9.17, 15) is 0 Å². The lowest BCUT2D eigenvalue weighted by Gasteiger charge is -1.91. The highest BCUT2D eigenvalue weighted by atomic mass is 16.5. The van der Waals surface area contributed by atoms with Gasteiger partial charge in [-0.05, 0) is 13.0 Å². The molecule has 1 heteroatoms. The van der Waals surface area contributed by atoms with Crippen molar-refractivity contribution in [3.8, 4) is 0 Å². The highest BCUT2D eigenvalue weighted by molar-refractivity contribution is 5.08. The maximum Gasteiger partial charge on any atom is 0.160 e. The average Bonchev–Trinajstić information content (AvgIpc) is 1.83. The second-order valence-electron chi connectivity index (χ2n) is 1.25. The highest BCUT2D eigenvalue weighted by Gasteiger charge is 1.78. The fourth-order valence-corrected chi connectivity index (χ4v) is 0.351. The predicted octanol–water partition coefficient (Wildman–Crippen LogP) is 1.88. The summed E-state index contributed by atoms with van der Waals surface area (Å²) in [6.45, 7) is 5.33. The van der Waals surface area contributed by atoms with E-state index in [1.165, 1.54) is 0 Å². The number of rotatable bonds is 2. The van der Waals surface area contributed by atoms with Gasteiger partial charge >= 0.3 is 0 Å². The van der Waals surface area contributed by atoms with Gasteiger partial charge in [0.25, 0.3) is 0 Å². The Morgan fingerprint density at radius 3 is 2.50 bits per heavy atom. The van der Waals surface area contributed by atoms with Crippen molar-refractivity contribution in [3.05, 3.63) is 30.2 Å². The third-order valence-electron chi connectivity index (χ3n) is 0.712. The molecule has 0 fully saturated rings. The van der Waals surface area contributed by atoms with Gasteiger partial charge in [-0.2, -0.15) is 0 Å². The SMILES string of the molecule is C=C=C(/C=C\C)OC. The van der Waals surface area contributed by atoms with Gasteiger partial charge < -0.3 is 4.74 Å². The minimum Gasteiger partial charge on any atom is -0.489 e. The van der Waals surface area contributed by atoms with E-state index < -0.39 is 0 Å². The molecule has 0 aromatic carbocycles. The number of methoxy groups -OCH3 is 1. The molecule has 0 aliphatic carbocycles. The zero-order valence-corrected chi connectivity index (χ0v) is 5.27. The molecule has 0 atom stereocenters. The molecule has 0 saturated carbocycles. The van der Waals surface area contributed by atoms with Crippen LogP contribution in [0.2, 0.25) is 0 Å². The van der Waals surface area contributed by atoms with Crippen LogP contribution in [0.5, 0.6) is 0 Å². The molecule has 0 radical (unpaired) electrons. The van der Waals surface area contributed by atoms with Gasteiger partial charge in [-0.3, -0.25) is 0 Å². The Balaban J connectivity index is 3.92. The van der Waals surface area contributed by atoms with Crippen LogP contribution in [0.15, 0.2) is 30.2 Å². The molecule has 0 amide bonds. The first-order chi connectivity index (χ1) is 3.85. The fourth-order valence-electron chi connectivity index (χ4n) is 0.351. The quantitative estimate of drug-likeness (QED) is 0.299. The topological polar surface area (TPSA) is 9.23 Å². The summed E-state index contributed by atoms with van der Waals surface area (Å²) in [4.78, 5) is 0. The Kier molecular flexibility index (Phi) is 3.73. The third-order valence-corrected chi connectivity index (χ3v) is 0.712. The van der Waals surface area contributed by atoms with E-state index in [2.05, 4.69) is 12.3 Å². The molecule has 1 nitrogen and oxygen atoms in total. The molecule has 0 bridgehead atoms. The molecular formula is C7H10O. The molecule has 44 valence electrons. The molecule has 0 unspecified atom stereocenters. The second kappa shape index (κ2) is 4.23. The number of allylic oxidation sites excluding steroid dienone is 2. The van der Waals surface area contributed by atoms with Crippen molar-refractivity contribution in [1.29, 1.82) is 0 Å². The van der Waals surface area contributed by atoms with Crippen molar-refractivity contribution in [2.24, 2.45) is 0 Å². The smallest absolute Gasteiger partial charge is 0.160 e. The maximum atomic E-state index is 4.80. The lowest BCUT2D eigenvalue weighted by Crippen LogP contribution is -1.75. The van der Waals surface area contributed by atoms with E-state index in [0.29, 0.717) is 5.76 Å². The van der Waals surface area contributed by atoms with Gasteiger partial charge in [-0.1, -0.05) is 18.4 Å². The summed E-state index contributed by atoms with van der Waals surface area (Å²) in [6.07, 6.45) is 3.67. The summed E-state index contributed by atoms with van der Waals surface area (Å²) in [5, 5.41) is 0. The largest absolute Gasteiger partial charge is 0.489 e. The molecule has 0 heterocycles. The standard InChI is InChI=1S/C7H10O/c1-4-6-7(5-2)8-3/h4,6H,2H2,1,3H3/b6-4-. The van der Waals surface area contributed by atoms with Crippen LogP contribution in [0.1, 0.15) is 6.92 Å². The molecule has 0 aromatic heterocycles. The average molecular weight is 110 g/mol. The van der Waals surface area contributed by atoms with E-state index >= 15 is 0 Å². The Morgan fingerprint density at radius 2 is 2.38 bits per heavy atom. The summed E-state index contributed by atoms with van der Waals surface area (Å²) in [6, 6.07) is 0. The first-order valence-corrected chi connectivity index (χ1v) is 2.42. The zero-order valence-electron chi connectivity index (χ0n) is 5.27. The van der Waals surface area contributed by atoms with Crippen molar-refractivity contribution in [2.45, 2.75) is 6.92 Å². The number of hydrogen-bond donors (Lipinski definition) is 0. The van der Waals surface area contributed by atoms with Crippen molar-refractivity contribution in [1.82, 2.24) is 0 Å². The molecule has 0 N–H and O–H groups in total. The Morgan fingerprint density at radius 1 is 1.75 bits per heavy atom. The van der Waals surface area contributed by atoms with Crippen LogP contribution in [0.4, 0.5) is 0 Å². The van der Waals surface area contributed by atoms with E-state index in [4.69, 9.17) is 4.74 Å². The zero-order chi connectivity index (χ0) is 6.41. The molecule has 0 spiro atoms. The summed E-state index contributed by atoms with van der Waals surface area (Å²) >= 11 is 0. The molecule has 0 aromatic rings. The molecule has 0 saturated heterocycles. The maximum absolute atomic E-state index is 4.80. The third kappa shape index (κ3) is 2.27. The first kappa shape index (κ1) is 7.06. The molecular weight excluding hydrogens is 100 g/mol. The van der Waals surface area contributed by atoms with Crippen LogP contribution in [0, 0.1) is 0 Å². The number of ether oxygens (including phenoxy) is 1. The Labute approximate surface area is 50.0 Å². The van der Waals surface area contributed by atoms with Crippen molar-refractivity contribution in [3.63, 3.8) is 0 Å². The van der Waals surface area contributed by atoms with Crippen LogP contribution >= 0.6 is 0 Å². The van der Waals surface area contributed by atoms with Crippen molar-refractivity contribution >= 4 is 0 Å². The van der Waals surface area contributed by atoms with Gasteiger partial charge in [0.2, 0.25) is 0 Å². The van der Waals surface area contributed by atoms with Crippen LogP contribution < -0.4 is 0 Å². The Hall–Kier alpha value is -0.940. The fraction of sp³-hybridized carbons (Fsp3) is 0.286. The van der Waals surface area contributed by atoms with Gasteiger partial charge in [-0.25, -0.2) is 0 Å². The first-order valence-electron chi connectivity index (χ1n) is 2.42. The van der Waals surface area contributed by atoms with Crippen LogP contribution in [-0.4, -0.2) is 7.11 Å². The van der Waals surface area contributed by atoms with Crippen molar-refractivity contribution in [2.75, 3.05) is 7.11 Å². The molecule has 0 aliphatic rings. The predicted molar refractivity (Wildman–Crippen MR) is 34.5 cm³/mol. The van der Waals surface area contributed by atoms with Gasteiger partial charge in [-0.15, -0.1) is 0 Å². The molecule has 8 heavy (non-hydrogen) atoms. The van der Waals surface area contributed by atoms with E-state index in [1.54, 1.807) is 13.2 Å². The minimum atomic E-state index is 0.674. The molecule has 0 aliphatic heterocycles. The van der Waals surface area contributed by atoms with Gasteiger partial charge in [0.05, 0.1) is 7.11 Å². The summed E-state index contributed by atoms with van der Waals surface area (Å²) in [7, 11) is 1.59. The Bertz CT molecular complexity index is 127. The minimum absolute atomic E-state index is 0.674. The molecule has 0 rings (SSSR count). The van der Waals surface area contributed by atoms with Crippen LogP contribution in [0.3, 0.4) is 0 Å². The number of hydrogen-bond acceptors (Lipinski definition) is 1. The van der Waals surface area contributed by atoms with Gasteiger partial charge in [0.1, 0.15) is 0 Å².